The van der Waals surface area contributed by atoms with Crippen LogP contribution in [0.2, 0.25) is 5.02 Å². The van der Waals surface area contributed by atoms with Crippen LogP contribution in [0.15, 0.2) is 41.4 Å². The monoisotopic (exact) mass is 429 g/mol. The van der Waals surface area contributed by atoms with Crippen molar-refractivity contribution in [2.45, 2.75) is 6.92 Å². The fourth-order valence-electron chi connectivity index (χ4n) is 1.76. The van der Waals surface area contributed by atoms with Crippen LogP contribution in [0.4, 0.5) is 5.69 Å². The molecule has 2 aromatic rings. The van der Waals surface area contributed by atoms with E-state index in [4.69, 9.17) is 21.4 Å². The van der Waals surface area contributed by atoms with Crippen LogP contribution in [0.1, 0.15) is 11.1 Å². The van der Waals surface area contributed by atoms with Gasteiger partial charge in [0.25, 0.3) is 0 Å². The number of rotatable bonds is 5. The van der Waals surface area contributed by atoms with Gasteiger partial charge in [0.1, 0.15) is 5.75 Å². The Morgan fingerprint density at radius 2 is 2.14 bits per heavy atom. The first-order chi connectivity index (χ1) is 10.5. The standard InChI is InChI=1S/C16H13ClINO3/c1-10-6-12(18)3-4-14(10)19-8-11-2-5-15(13(17)7-11)22-9-16(20)21/h2-8H,9H2,1H3,(H,20,21). The zero-order chi connectivity index (χ0) is 16.1. The van der Waals surface area contributed by atoms with Crippen molar-refractivity contribution in [3.8, 4) is 5.75 Å². The van der Waals surface area contributed by atoms with Gasteiger partial charge < -0.3 is 9.84 Å². The van der Waals surface area contributed by atoms with Gasteiger partial charge in [-0.1, -0.05) is 11.6 Å². The Morgan fingerprint density at radius 1 is 1.36 bits per heavy atom. The largest absolute Gasteiger partial charge is 0.480 e. The highest BCUT2D eigenvalue weighted by Crippen LogP contribution is 2.26. The number of nitrogens with zero attached hydrogens (tertiary/aromatic N) is 1. The number of hydrogen-bond acceptors (Lipinski definition) is 3. The molecule has 0 atom stereocenters. The number of aliphatic imine (C=N–C) groups is 1. The summed E-state index contributed by atoms with van der Waals surface area (Å²) in [7, 11) is 0. The molecule has 0 radical (unpaired) electrons. The van der Waals surface area contributed by atoms with E-state index >= 15 is 0 Å². The Labute approximate surface area is 146 Å². The maximum atomic E-state index is 10.5. The number of aliphatic carboxylic acids is 1. The second-order valence-corrected chi connectivity index (χ2v) is 6.21. The van der Waals surface area contributed by atoms with Gasteiger partial charge in [-0.2, -0.15) is 0 Å². The lowest BCUT2D eigenvalue weighted by Crippen LogP contribution is -2.09. The number of carboxylic acids is 1. The lowest BCUT2D eigenvalue weighted by molar-refractivity contribution is -0.139. The summed E-state index contributed by atoms with van der Waals surface area (Å²) in [5.41, 5.74) is 2.80. The van der Waals surface area contributed by atoms with Crippen LogP contribution >= 0.6 is 34.2 Å². The molecule has 0 unspecified atom stereocenters. The van der Waals surface area contributed by atoms with Gasteiger partial charge in [-0.3, -0.25) is 4.99 Å². The van der Waals surface area contributed by atoms with Crippen molar-refractivity contribution < 1.29 is 14.6 Å². The molecule has 0 bridgehead atoms. The number of carbonyl (C=O) groups is 1. The van der Waals surface area contributed by atoms with Crippen LogP contribution in [0, 0.1) is 10.5 Å². The highest BCUT2D eigenvalue weighted by Gasteiger charge is 2.05. The fraction of sp³-hybridized carbons (Fsp3) is 0.125. The summed E-state index contributed by atoms with van der Waals surface area (Å²) in [5.74, 6) is -0.706. The van der Waals surface area contributed by atoms with Gasteiger partial charge in [-0.05, 0) is 77.0 Å². The average molecular weight is 430 g/mol. The van der Waals surface area contributed by atoms with Gasteiger partial charge in [-0.25, -0.2) is 4.79 Å². The van der Waals surface area contributed by atoms with Crippen LogP contribution in [-0.2, 0) is 4.79 Å². The van der Waals surface area contributed by atoms with E-state index in [1.807, 2.05) is 19.1 Å². The van der Waals surface area contributed by atoms with Crippen molar-refractivity contribution in [2.75, 3.05) is 6.61 Å². The summed E-state index contributed by atoms with van der Waals surface area (Å²) in [6, 6.07) is 11.1. The minimum Gasteiger partial charge on any atom is -0.480 e. The van der Waals surface area contributed by atoms with Crippen molar-refractivity contribution in [1.82, 2.24) is 0 Å². The second kappa shape index (κ2) is 7.60. The molecule has 0 spiro atoms. The summed E-state index contributed by atoms with van der Waals surface area (Å²) in [6.45, 7) is 1.58. The van der Waals surface area contributed by atoms with E-state index in [0.29, 0.717) is 10.8 Å². The molecule has 0 aliphatic carbocycles. The Bertz CT molecular complexity index is 731. The number of halogens is 2. The van der Waals surface area contributed by atoms with E-state index in [0.717, 1.165) is 20.4 Å². The van der Waals surface area contributed by atoms with E-state index in [2.05, 4.69) is 33.6 Å². The summed E-state index contributed by atoms with van der Waals surface area (Å²) in [4.78, 5) is 14.9. The number of hydrogen-bond donors (Lipinski definition) is 1. The first kappa shape index (κ1) is 16.8. The molecule has 114 valence electrons. The third kappa shape index (κ3) is 4.71. The highest BCUT2D eigenvalue weighted by atomic mass is 127. The van der Waals surface area contributed by atoms with Gasteiger partial charge in [-0.15, -0.1) is 0 Å². The Balaban J connectivity index is 2.14. The molecule has 0 saturated heterocycles. The Morgan fingerprint density at radius 3 is 2.77 bits per heavy atom. The molecule has 0 fully saturated rings. The van der Waals surface area contributed by atoms with Crippen molar-refractivity contribution in [3.05, 3.63) is 56.1 Å². The van der Waals surface area contributed by atoms with E-state index < -0.39 is 12.6 Å². The smallest absolute Gasteiger partial charge is 0.341 e. The quantitative estimate of drug-likeness (QED) is 0.564. The molecule has 4 nitrogen and oxygen atoms in total. The first-order valence-corrected chi connectivity index (χ1v) is 7.86. The molecule has 22 heavy (non-hydrogen) atoms. The van der Waals surface area contributed by atoms with Crippen LogP contribution < -0.4 is 4.74 Å². The molecule has 1 N–H and O–H groups in total. The zero-order valence-corrected chi connectivity index (χ0v) is 14.6. The van der Waals surface area contributed by atoms with Gasteiger partial charge >= 0.3 is 5.97 Å². The minimum absolute atomic E-state index is 0.340. The third-order valence-corrected chi connectivity index (χ3v) is 3.78. The molecule has 2 rings (SSSR count). The fourth-order valence-corrected chi connectivity index (χ4v) is 2.65. The van der Waals surface area contributed by atoms with E-state index in [9.17, 15) is 4.79 Å². The Hall–Kier alpha value is -1.60. The van der Waals surface area contributed by atoms with Crippen molar-refractivity contribution in [2.24, 2.45) is 4.99 Å². The molecular formula is C16H13ClINO3. The predicted octanol–water partition coefficient (Wildman–Crippen LogP) is 4.47. The normalized spacial score (nSPS) is 10.9. The highest BCUT2D eigenvalue weighted by molar-refractivity contribution is 14.1. The lowest BCUT2D eigenvalue weighted by atomic mass is 10.2. The molecule has 0 amide bonds. The molecule has 0 saturated carbocycles. The SMILES string of the molecule is Cc1cc(I)ccc1N=Cc1ccc(OCC(=O)O)c(Cl)c1. The van der Waals surface area contributed by atoms with Gasteiger partial charge in [0, 0.05) is 9.78 Å². The molecule has 0 aliphatic heterocycles. The Kier molecular flexibility index (Phi) is 5.79. The van der Waals surface area contributed by atoms with Gasteiger partial charge in [0.15, 0.2) is 6.61 Å². The average Bonchev–Trinajstić information content (AvgIpc) is 2.45. The van der Waals surface area contributed by atoms with Crippen LogP contribution in [0.25, 0.3) is 0 Å². The molecule has 6 heteroatoms. The number of benzene rings is 2. The van der Waals surface area contributed by atoms with Crippen molar-refractivity contribution in [3.63, 3.8) is 0 Å². The molecular weight excluding hydrogens is 417 g/mol. The summed E-state index contributed by atoms with van der Waals surface area (Å²) >= 11 is 8.32. The second-order valence-electron chi connectivity index (χ2n) is 4.56. The topological polar surface area (TPSA) is 58.9 Å². The van der Waals surface area contributed by atoms with E-state index in [1.54, 1.807) is 24.4 Å². The van der Waals surface area contributed by atoms with Crippen molar-refractivity contribution >= 4 is 52.1 Å². The van der Waals surface area contributed by atoms with E-state index in [-0.39, 0.29) is 0 Å². The minimum atomic E-state index is -1.05. The summed E-state index contributed by atoms with van der Waals surface area (Å²) in [5, 5.41) is 8.94. The van der Waals surface area contributed by atoms with Gasteiger partial charge in [0.2, 0.25) is 0 Å². The molecule has 0 heterocycles. The van der Waals surface area contributed by atoms with Gasteiger partial charge in [0.05, 0.1) is 10.7 Å². The maximum absolute atomic E-state index is 10.5. The van der Waals surface area contributed by atoms with E-state index in [1.165, 1.54) is 0 Å². The van der Waals surface area contributed by atoms with Crippen LogP contribution in [-0.4, -0.2) is 23.9 Å². The first-order valence-electron chi connectivity index (χ1n) is 6.40. The molecule has 0 aliphatic rings. The van der Waals surface area contributed by atoms with Crippen LogP contribution in [0.5, 0.6) is 5.75 Å². The number of aryl methyl sites for hydroxylation is 1. The third-order valence-electron chi connectivity index (χ3n) is 2.82. The van der Waals surface area contributed by atoms with Crippen molar-refractivity contribution in [1.29, 1.82) is 0 Å². The molecule has 0 aromatic heterocycles. The number of ether oxygens (including phenoxy) is 1. The number of carboxylic acid groups (broad SMARTS) is 1. The summed E-state index contributed by atoms with van der Waals surface area (Å²) in [6.07, 6.45) is 1.71. The zero-order valence-electron chi connectivity index (χ0n) is 11.7. The summed E-state index contributed by atoms with van der Waals surface area (Å²) < 4.78 is 6.24. The van der Waals surface area contributed by atoms with Crippen LogP contribution in [0.3, 0.4) is 0 Å². The predicted molar refractivity (Wildman–Crippen MR) is 95.7 cm³/mol. The lowest BCUT2D eigenvalue weighted by Gasteiger charge is -2.06. The maximum Gasteiger partial charge on any atom is 0.341 e. The molecule has 2 aromatic carbocycles.